The second-order valence-electron chi connectivity index (χ2n) is 10.8. The number of hydrogen-bond donors (Lipinski definition) is 1. The number of nitrogens with zero attached hydrogens (tertiary/aromatic N) is 2. The molecule has 45 heavy (non-hydrogen) atoms. The molecule has 1 aliphatic heterocycles. The van der Waals surface area contributed by atoms with Crippen molar-refractivity contribution in [2.24, 2.45) is 0 Å². The first-order valence-electron chi connectivity index (χ1n) is 16.7. The first-order valence-corrected chi connectivity index (χ1v) is 17.6. The number of thiophene rings is 1. The third-order valence-corrected chi connectivity index (χ3v) is 8.56. The first kappa shape index (κ1) is 39.6. The Kier molecular flexibility index (Phi) is 17.5. The molecular weight excluding hydrogens is 582 g/mol. The van der Waals surface area contributed by atoms with Crippen LogP contribution < -0.4 is 10.9 Å². The topological polar surface area (TPSA) is 80.6 Å². The van der Waals surface area contributed by atoms with Crippen LogP contribution in [-0.2, 0) is 29.0 Å². The minimum atomic E-state index is -0.804. The van der Waals surface area contributed by atoms with Crippen molar-refractivity contribution >= 4 is 23.3 Å². The fourth-order valence-corrected chi connectivity index (χ4v) is 5.44. The van der Waals surface area contributed by atoms with Gasteiger partial charge in [0.2, 0.25) is 5.91 Å². The molecule has 7 nitrogen and oxygen atoms in total. The highest BCUT2D eigenvalue weighted by Gasteiger charge is 2.33. The molecule has 0 saturated carbocycles. The van der Waals surface area contributed by atoms with Crippen LogP contribution in [0.15, 0.2) is 58.7 Å². The Balaban J connectivity index is 0.00000159. The molecule has 0 spiro atoms. The lowest BCUT2D eigenvalue weighted by atomic mass is 9.94. The number of amides is 2. The molecule has 0 saturated heterocycles. The quantitative estimate of drug-likeness (QED) is 0.253. The highest BCUT2D eigenvalue weighted by atomic mass is 32.1. The van der Waals surface area contributed by atoms with Gasteiger partial charge in [0, 0.05) is 29.2 Å². The average Bonchev–Trinajstić information content (AvgIpc) is 3.61. The summed E-state index contributed by atoms with van der Waals surface area (Å²) in [4.78, 5) is 43.7. The monoisotopic (exact) mass is 639 g/mol. The van der Waals surface area contributed by atoms with Crippen LogP contribution in [0.3, 0.4) is 0 Å². The minimum Gasteiger partial charge on any atom is -0.443 e. The smallest absolute Gasteiger partial charge is 0.410 e. The van der Waals surface area contributed by atoms with Crippen molar-refractivity contribution in [3.05, 3.63) is 91.5 Å². The summed E-state index contributed by atoms with van der Waals surface area (Å²) >= 11 is 1.58. The SMILES string of the molecule is CC.CC.CC.CCC(C)c1cc2c(c(=O)n1C(C(=O)NCc1cccs1)c1ccccc1)CCN(C(=O)OC(C)(C)CC)C2. The molecule has 2 atom stereocenters. The Morgan fingerprint density at radius 1 is 1.00 bits per heavy atom. The second-order valence-corrected chi connectivity index (χ2v) is 11.9. The first-order chi connectivity index (χ1) is 21.6. The molecule has 2 aromatic heterocycles. The highest BCUT2D eigenvalue weighted by molar-refractivity contribution is 7.09. The predicted molar refractivity (Wildman–Crippen MR) is 189 cm³/mol. The number of carbonyl (C=O) groups excluding carboxylic acids is 2. The van der Waals surface area contributed by atoms with E-state index in [0.717, 1.165) is 28.1 Å². The molecule has 3 aromatic rings. The number of ether oxygens (including phenoxy) is 1. The molecule has 1 aliphatic rings. The summed E-state index contributed by atoms with van der Waals surface area (Å²) in [5.74, 6) is -0.190. The number of rotatable bonds is 9. The number of hydrogen-bond acceptors (Lipinski definition) is 5. The summed E-state index contributed by atoms with van der Waals surface area (Å²) in [6.07, 6.45) is 1.56. The van der Waals surface area contributed by atoms with Gasteiger partial charge in [-0.25, -0.2) is 4.79 Å². The van der Waals surface area contributed by atoms with Gasteiger partial charge in [-0.2, -0.15) is 0 Å². The molecule has 250 valence electrons. The van der Waals surface area contributed by atoms with Crippen molar-refractivity contribution in [3.63, 3.8) is 0 Å². The van der Waals surface area contributed by atoms with E-state index in [4.69, 9.17) is 4.74 Å². The van der Waals surface area contributed by atoms with Crippen LogP contribution in [0.2, 0.25) is 0 Å². The van der Waals surface area contributed by atoms with Crippen LogP contribution in [0, 0.1) is 0 Å². The largest absolute Gasteiger partial charge is 0.443 e. The van der Waals surface area contributed by atoms with Gasteiger partial charge in [0.25, 0.3) is 5.56 Å². The molecule has 2 amide bonds. The van der Waals surface area contributed by atoms with E-state index in [-0.39, 0.29) is 23.5 Å². The van der Waals surface area contributed by atoms with Gasteiger partial charge in [-0.1, -0.05) is 98.7 Å². The Hall–Kier alpha value is -3.39. The van der Waals surface area contributed by atoms with Gasteiger partial charge in [-0.15, -0.1) is 11.3 Å². The van der Waals surface area contributed by atoms with Crippen molar-refractivity contribution in [2.45, 2.75) is 126 Å². The van der Waals surface area contributed by atoms with Crippen molar-refractivity contribution < 1.29 is 14.3 Å². The summed E-state index contributed by atoms with van der Waals surface area (Å²) in [5, 5.41) is 5.04. The van der Waals surface area contributed by atoms with Crippen LogP contribution >= 0.6 is 11.3 Å². The second kappa shape index (κ2) is 19.9. The van der Waals surface area contributed by atoms with E-state index >= 15 is 0 Å². The van der Waals surface area contributed by atoms with E-state index in [0.29, 0.717) is 38.0 Å². The molecule has 1 N–H and O–H groups in total. The van der Waals surface area contributed by atoms with Gasteiger partial charge >= 0.3 is 6.09 Å². The highest BCUT2D eigenvalue weighted by Crippen LogP contribution is 2.29. The number of nitrogens with one attached hydrogen (secondary N) is 1. The van der Waals surface area contributed by atoms with Crippen molar-refractivity contribution in [1.29, 1.82) is 0 Å². The van der Waals surface area contributed by atoms with Crippen molar-refractivity contribution in [1.82, 2.24) is 14.8 Å². The number of aromatic nitrogens is 1. The lowest BCUT2D eigenvalue weighted by Gasteiger charge is -2.34. The van der Waals surface area contributed by atoms with Gasteiger partial charge in [-0.05, 0) is 67.7 Å². The fraction of sp³-hybridized carbons (Fsp3) is 0.541. The van der Waals surface area contributed by atoms with Crippen LogP contribution in [0.1, 0.15) is 128 Å². The van der Waals surface area contributed by atoms with Crippen LogP contribution in [0.5, 0.6) is 0 Å². The summed E-state index contributed by atoms with van der Waals surface area (Å²) in [6, 6.07) is 14.6. The third kappa shape index (κ3) is 10.6. The number of pyridine rings is 1. The molecule has 0 bridgehead atoms. The zero-order chi connectivity index (χ0) is 34.2. The van der Waals surface area contributed by atoms with E-state index < -0.39 is 11.6 Å². The van der Waals surface area contributed by atoms with Gasteiger partial charge in [0.1, 0.15) is 11.6 Å². The molecule has 3 heterocycles. The summed E-state index contributed by atoms with van der Waals surface area (Å²) in [6.45, 7) is 23.0. The Labute approximate surface area is 276 Å². The van der Waals surface area contributed by atoms with Gasteiger partial charge in [0.15, 0.2) is 0 Å². The van der Waals surface area contributed by atoms with E-state index in [2.05, 4.69) is 19.2 Å². The number of carbonyl (C=O) groups is 2. The summed E-state index contributed by atoms with van der Waals surface area (Å²) in [7, 11) is 0. The molecule has 0 fully saturated rings. The molecule has 2 unspecified atom stereocenters. The van der Waals surface area contributed by atoms with Crippen molar-refractivity contribution in [3.8, 4) is 0 Å². The zero-order valence-corrected chi connectivity index (χ0v) is 30.3. The van der Waals surface area contributed by atoms with Gasteiger partial charge in [0.05, 0.1) is 6.54 Å². The molecule has 0 radical (unpaired) electrons. The van der Waals surface area contributed by atoms with E-state index in [1.54, 1.807) is 20.8 Å². The standard InChI is InChI=1S/C31H39N3O4S.3C2H6/c1-6-21(3)26-18-23-20-33(30(37)38-31(4,5)7-2)16-15-25(23)29(36)34(26)27(22-12-9-8-10-13-22)28(35)32-19-24-14-11-17-39-24;3*1-2/h8-14,17-18,21,27H,6-7,15-16,19-20H2,1-5H3,(H,32,35);3*1-2H3. The van der Waals surface area contributed by atoms with Crippen molar-refractivity contribution in [2.75, 3.05) is 6.54 Å². The predicted octanol–water partition coefficient (Wildman–Crippen LogP) is 9.09. The summed E-state index contributed by atoms with van der Waals surface area (Å²) < 4.78 is 7.43. The molecular formula is C37H57N3O4S. The maximum absolute atomic E-state index is 14.2. The Morgan fingerprint density at radius 3 is 2.20 bits per heavy atom. The molecule has 4 rings (SSSR count). The van der Waals surface area contributed by atoms with Crippen LogP contribution in [-0.4, -0.2) is 33.6 Å². The molecule has 8 heteroatoms. The fourth-order valence-electron chi connectivity index (χ4n) is 4.80. The lowest BCUT2D eigenvalue weighted by Crippen LogP contribution is -2.45. The van der Waals surface area contributed by atoms with Crippen LogP contribution in [0.25, 0.3) is 0 Å². The number of fused-ring (bicyclic) bond motifs is 1. The third-order valence-electron chi connectivity index (χ3n) is 7.69. The maximum Gasteiger partial charge on any atom is 0.410 e. The number of benzene rings is 1. The zero-order valence-electron chi connectivity index (χ0n) is 29.5. The Bertz CT molecular complexity index is 1350. The van der Waals surface area contributed by atoms with E-state index in [1.807, 2.05) is 116 Å². The van der Waals surface area contributed by atoms with Gasteiger partial charge < -0.3 is 15.0 Å². The summed E-state index contributed by atoms with van der Waals surface area (Å²) in [5.41, 5.74) is 2.33. The lowest BCUT2D eigenvalue weighted by molar-refractivity contribution is -0.123. The molecule has 0 aliphatic carbocycles. The molecule has 1 aromatic carbocycles. The van der Waals surface area contributed by atoms with E-state index in [1.165, 1.54) is 0 Å². The normalized spacial score (nSPS) is 13.3. The Morgan fingerprint density at radius 2 is 1.64 bits per heavy atom. The minimum absolute atomic E-state index is 0.0284. The van der Waals surface area contributed by atoms with Crippen LogP contribution in [0.4, 0.5) is 4.79 Å². The maximum atomic E-state index is 14.2. The average molecular weight is 640 g/mol. The van der Waals surface area contributed by atoms with E-state index in [9.17, 15) is 14.4 Å². The van der Waals surface area contributed by atoms with Gasteiger partial charge in [-0.3, -0.25) is 14.2 Å².